The lowest BCUT2D eigenvalue weighted by Gasteiger charge is -2.16. The molecule has 0 fully saturated rings. The first-order valence-corrected chi connectivity index (χ1v) is 8.28. The van der Waals surface area contributed by atoms with Crippen LogP contribution in [0.25, 0.3) is 0 Å². The van der Waals surface area contributed by atoms with E-state index in [1.54, 1.807) is 0 Å². The normalized spacial score (nSPS) is 13.9. The molecule has 0 saturated heterocycles. The van der Waals surface area contributed by atoms with Crippen molar-refractivity contribution in [2.75, 3.05) is 6.61 Å². The molecule has 0 aliphatic carbocycles. The second kappa shape index (κ2) is 7.28. The quantitative estimate of drug-likeness (QED) is 0.757. The molecule has 3 rings (SSSR count). The van der Waals surface area contributed by atoms with Crippen molar-refractivity contribution in [1.29, 1.82) is 0 Å². The number of allylic oxidation sites excluding steroid dienone is 2. The lowest BCUT2D eigenvalue weighted by atomic mass is 10.0. The molecule has 0 aromatic heterocycles. The molecule has 0 amide bonds. The van der Waals surface area contributed by atoms with Gasteiger partial charge in [0.2, 0.25) is 0 Å². The highest BCUT2D eigenvalue weighted by molar-refractivity contribution is 5.99. The van der Waals surface area contributed by atoms with Crippen molar-refractivity contribution in [3.63, 3.8) is 0 Å². The minimum Gasteiger partial charge on any atom is -0.492 e. The maximum Gasteiger partial charge on any atom is 0.169 e. The van der Waals surface area contributed by atoms with Crippen LogP contribution in [0.2, 0.25) is 0 Å². The van der Waals surface area contributed by atoms with Gasteiger partial charge in [0.25, 0.3) is 0 Å². The summed E-state index contributed by atoms with van der Waals surface area (Å²) >= 11 is 0. The molecule has 2 heteroatoms. The number of rotatable bonds is 5. The van der Waals surface area contributed by atoms with Crippen molar-refractivity contribution in [2.45, 2.75) is 32.6 Å². The highest BCUT2D eigenvalue weighted by Gasteiger charge is 2.17. The van der Waals surface area contributed by atoms with Crippen LogP contribution in [-0.2, 0) is 19.3 Å². The van der Waals surface area contributed by atoms with Gasteiger partial charge in [-0.1, -0.05) is 49.4 Å². The molecular formula is C21H22O2. The second-order valence-electron chi connectivity index (χ2n) is 5.90. The maximum atomic E-state index is 11.8. The monoisotopic (exact) mass is 306 g/mol. The third kappa shape index (κ3) is 3.89. The van der Waals surface area contributed by atoms with Gasteiger partial charge >= 0.3 is 0 Å². The van der Waals surface area contributed by atoms with E-state index in [2.05, 4.69) is 43.3 Å². The van der Waals surface area contributed by atoms with E-state index in [4.69, 9.17) is 4.74 Å². The lowest BCUT2D eigenvalue weighted by molar-refractivity contribution is 0.0933. The lowest BCUT2D eigenvalue weighted by Crippen LogP contribution is -2.15. The van der Waals surface area contributed by atoms with Gasteiger partial charge in [0, 0.05) is 6.42 Å². The number of carbonyl (C=O) groups is 1. The van der Waals surface area contributed by atoms with Gasteiger partial charge in [0.05, 0.1) is 12.2 Å². The van der Waals surface area contributed by atoms with Crippen molar-refractivity contribution in [3.05, 3.63) is 76.9 Å². The Balaban J connectivity index is 1.58. The molecule has 0 radical (unpaired) electrons. The summed E-state index contributed by atoms with van der Waals surface area (Å²) in [5.74, 6) is 0.922. The van der Waals surface area contributed by atoms with E-state index in [0.717, 1.165) is 30.6 Å². The highest BCUT2D eigenvalue weighted by atomic mass is 16.5. The number of hydrogen-bond acceptors (Lipinski definition) is 2. The van der Waals surface area contributed by atoms with Gasteiger partial charge < -0.3 is 4.74 Å². The molecule has 0 spiro atoms. The Morgan fingerprint density at radius 2 is 1.61 bits per heavy atom. The van der Waals surface area contributed by atoms with Crippen molar-refractivity contribution in [1.82, 2.24) is 0 Å². The Morgan fingerprint density at radius 3 is 2.35 bits per heavy atom. The first-order valence-electron chi connectivity index (χ1n) is 8.28. The number of Topliss-reactive ketones (excluding diaryl/α,β-unsaturated/α-hetero) is 1. The number of hydrogen-bond donors (Lipinski definition) is 0. The van der Waals surface area contributed by atoms with Crippen LogP contribution in [0.5, 0.6) is 5.75 Å². The van der Waals surface area contributed by atoms with E-state index in [1.165, 1.54) is 16.7 Å². The van der Waals surface area contributed by atoms with Crippen LogP contribution in [0.15, 0.2) is 54.6 Å². The van der Waals surface area contributed by atoms with Gasteiger partial charge in [-0.15, -0.1) is 0 Å². The number of aryl methyl sites for hydroxylation is 1. The largest absolute Gasteiger partial charge is 0.492 e. The van der Waals surface area contributed by atoms with Crippen molar-refractivity contribution < 1.29 is 9.53 Å². The fraction of sp³-hybridized carbons (Fsp3) is 0.286. The van der Waals surface area contributed by atoms with Gasteiger partial charge in [-0.3, -0.25) is 4.79 Å². The fourth-order valence-corrected chi connectivity index (χ4v) is 2.78. The topological polar surface area (TPSA) is 26.3 Å². The van der Waals surface area contributed by atoms with Gasteiger partial charge in [0.15, 0.2) is 5.78 Å². The van der Waals surface area contributed by atoms with E-state index >= 15 is 0 Å². The van der Waals surface area contributed by atoms with E-state index < -0.39 is 0 Å². The van der Waals surface area contributed by atoms with E-state index in [-0.39, 0.29) is 5.78 Å². The predicted molar refractivity (Wildman–Crippen MR) is 93.3 cm³/mol. The first kappa shape index (κ1) is 15.5. The summed E-state index contributed by atoms with van der Waals surface area (Å²) in [4.78, 5) is 11.8. The molecule has 118 valence electrons. The third-order valence-corrected chi connectivity index (χ3v) is 4.24. The average molecular weight is 306 g/mol. The summed E-state index contributed by atoms with van der Waals surface area (Å²) in [6.45, 7) is 2.67. The number of fused-ring (bicyclic) bond motifs is 1. The highest BCUT2D eigenvalue weighted by Crippen LogP contribution is 2.26. The molecule has 1 aliphatic heterocycles. The Kier molecular flexibility index (Phi) is 4.92. The molecular weight excluding hydrogens is 284 g/mol. The molecule has 23 heavy (non-hydrogen) atoms. The van der Waals surface area contributed by atoms with Crippen LogP contribution in [0.4, 0.5) is 0 Å². The average Bonchev–Trinajstić information content (AvgIpc) is 2.59. The summed E-state index contributed by atoms with van der Waals surface area (Å²) in [5, 5.41) is 0. The number of benzene rings is 2. The first-order chi connectivity index (χ1) is 11.3. The molecule has 2 nitrogen and oxygen atoms in total. The SMILES string of the molecule is CCc1ccc(C/C=C/Cc2ccc3c(c2)OCCC3=O)cc1. The molecule has 0 N–H and O–H groups in total. The van der Waals surface area contributed by atoms with Crippen LogP contribution in [-0.4, -0.2) is 12.4 Å². The zero-order valence-corrected chi connectivity index (χ0v) is 13.5. The van der Waals surface area contributed by atoms with Gasteiger partial charge in [-0.2, -0.15) is 0 Å². The van der Waals surface area contributed by atoms with Crippen molar-refractivity contribution >= 4 is 5.78 Å². The molecule has 0 atom stereocenters. The third-order valence-electron chi connectivity index (χ3n) is 4.24. The summed E-state index contributed by atoms with van der Waals surface area (Å²) in [6.07, 6.45) is 7.76. The van der Waals surface area contributed by atoms with E-state index in [0.29, 0.717) is 13.0 Å². The van der Waals surface area contributed by atoms with E-state index in [1.807, 2.05) is 18.2 Å². The Bertz CT molecular complexity index is 711. The summed E-state index contributed by atoms with van der Waals surface area (Å²) in [7, 11) is 0. The van der Waals surface area contributed by atoms with Gasteiger partial charge in [-0.05, 0) is 48.1 Å². The van der Waals surface area contributed by atoms with E-state index in [9.17, 15) is 4.79 Å². The van der Waals surface area contributed by atoms with Crippen LogP contribution >= 0.6 is 0 Å². The minimum absolute atomic E-state index is 0.184. The Hall–Kier alpha value is -2.35. The van der Waals surface area contributed by atoms with Crippen LogP contribution < -0.4 is 4.74 Å². The van der Waals surface area contributed by atoms with Crippen molar-refractivity contribution in [3.8, 4) is 5.75 Å². The maximum absolute atomic E-state index is 11.8. The summed E-state index contributed by atoms with van der Waals surface area (Å²) in [5.41, 5.74) is 4.61. The molecule has 0 unspecified atom stereocenters. The smallest absolute Gasteiger partial charge is 0.169 e. The second-order valence-corrected chi connectivity index (χ2v) is 5.90. The molecule has 2 aromatic carbocycles. The molecule has 1 aliphatic rings. The number of carbonyl (C=O) groups excluding carboxylic acids is 1. The summed E-state index contributed by atoms with van der Waals surface area (Å²) < 4.78 is 5.59. The Morgan fingerprint density at radius 1 is 0.957 bits per heavy atom. The predicted octanol–water partition coefficient (Wildman–Crippen LogP) is 4.56. The minimum atomic E-state index is 0.184. The van der Waals surface area contributed by atoms with Gasteiger partial charge in [-0.25, -0.2) is 0 Å². The zero-order valence-electron chi connectivity index (χ0n) is 13.5. The van der Waals surface area contributed by atoms with Crippen molar-refractivity contribution in [2.24, 2.45) is 0 Å². The number of ether oxygens (including phenoxy) is 1. The molecule has 2 aromatic rings. The fourth-order valence-electron chi connectivity index (χ4n) is 2.78. The van der Waals surface area contributed by atoms with Crippen LogP contribution in [0, 0.1) is 0 Å². The van der Waals surface area contributed by atoms with Crippen LogP contribution in [0.1, 0.15) is 40.4 Å². The summed E-state index contributed by atoms with van der Waals surface area (Å²) in [6, 6.07) is 14.7. The Labute approximate surface area is 137 Å². The standard InChI is InChI=1S/C21H22O2/c1-2-16-7-9-17(10-8-16)5-3-4-6-18-11-12-19-20(22)13-14-23-21(19)15-18/h3-4,7-12,15H,2,5-6,13-14H2,1H3/b4-3+. The zero-order chi connectivity index (χ0) is 16.1. The molecule has 1 heterocycles. The molecule has 0 bridgehead atoms. The van der Waals surface area contributed by atoms with Crippen LogP contribution in [0.3, 0.4) is 0 Å². The number of ketones is 1. The molecule has 0 saturated carbocycles. The van der Waals surface area contributed by atoms with Gasteiger partial charge in [0.1, 0.15) is 5.75 Å².